The summed E-state index contributed by atoms with van der Waals surface area (Å²) in [6.45, 7) is 5.43. The highest BCUT2D eigenvalue weighted by Gasteiger charge is 2.39. The molecule has 5 nitrogen and oxygen atoms in total. The third kappa shape index (κ3) is 3.84. The van der Waals surface area contributed by atoms with Crippen molar-refractivity contribution in [2.45, 2.75) is 26.4 Å². The molecule has 2 heterocycles. The molecule has 0 saturated carbocycles. The Morgan fingerprint density at radius 3 is 2.44 bits per heavy atom. The molecule has 0 aromatic heterocycles. The van der Waals surface area contributed by atoms with Gasteiger partial charge in [0.2, 0.25) is 0 Å². The van der Waals surface area contributed by atoms with Gasteiger partial charge in [0, 0.05) is 5.57 Å². The van der Waals surface area contributed by atoms with Gasteiger partial charge in [-0.25, -0.2) is 0 Å². The molecule has 124 valence electrons. The molecule has 0 unspecified atom stereocenters. The highest BCUT2D eigenvalue weighted by Crippen LogP contribution is 2.41. The molecule has 0 atom stereocenters. The number of hydrogen-bond donors (Lipinski definition) is 0. The van der Waals surface area contributed by atoms with Crippen LogP contribution in [0.25, 0.3) is 0 Å². The van der Waals surface area contributed by atoms with Crippen LogP contribution in [0.5, 0.6) is 0 Å². The molecule has 0 saturated heterocycles. The van der Waals surface area contributed by atoms with Crippen LogP contribution in [0.15, 0.2) is 68.0 Å². The van der Waals surface area contributed by atoms with E-state index in [-0.39, 0.29) is 16.9 Å². The van der Waals surface area contributed by atoms with Gasteiger partial charge in [0.05, 0.1) is 0 Å². The Labute approximate surface area is 160 Å². The SMILES string of the molecule is CC1=C/C(=C/C2=C(C#N)C(=C(C#N)C#N)OC2(C)C)C=C(/C=C/I)O1. The fraction of sp³-hybridized carbons (Fsp3) is 0.211. The lowest BCUT2D eigenvalue weighted by atomic mass is 9.92. The van der Waals surface area contributed by atoms with E-state index in [4.69, 9.17) is 20.0 Å². The largest absolute Gasteiger partial charge is 0.480 e. The van der Waals surface area contributed by atoms with Gasteiger partial charge in [-0.2, -0.15) is 15.8 Å². The van der Waals surface area contributed by atoms with Crippen molar-refractivity contribution in [3.8, 4) is 18.2 Å². The van der Waals surface area contributed by atoms with E-state index in [2.05, 4.69) is 28.7 Å². The summed E-state index contributed by atoms with van der Waals surface area (Å²) >= 11 is 2.11. The molecule has 0 fully saturated rings. The second-order valence-electron chi connectivity index (χ2n) is 5.78. The zero-order valence-electron chi connectivity index (χ0n) is 13.9. The van der Waals surface area contributed by atoms with Gasteiger partial charge in [-0.1, -0.05) is 22.6 Å². The first-order valence-corrected chi connectivity index (χ1v) is 8.56. The molecule has 6 heteroatoms. The first-order valence-electron chi connectivity index (χ1n) is 7.31. The monoisotopic (exact) mass is 443 g/mol. The first kappa shape index (κ1) is 18.6. The van der Waals surface area contributed by atoms with Crippen LogP contribution in [-0.2, 0) is 9.47 Å². The molecule has 0 aliphatic carbocycles. The van der Waals surface area contributed by atoms with Crippen molar-refractivity contribution >= 4 is 22.6 Å². The van der Waals surface area contributed by atoms with Crippen LogP contribution in [0.3, 0.4) is 0 Å². The third-order valence-electron chi connectivity index (χ3n) is 3.56. The maximum atomic E-state index is 9.56. The van der Waals surface area contributed by atoms with E-state index in [1.807, 2.05) is 35.3 Å². The fourth-order valence-corrected chi connectivity index (χ4v) is 2.88. The Bertz CT molecular complexity index is 907. The average Bonchev–Trinajstić information content (AvgIpc) is 2.79. The lowest BCUT2D eigenvalue weighted by Gasteiger charge is -2.21. The summed E-state index contributed by atoms with van der Waals surface area (Å²) in [5.41, 5.74) is 0.611. The van der Waals surface area contributed by atoms with Crippen LogP contribution in [0.4, 0.5) is 0 Å². The highest BCUT2D eigenvalue weighted by atomic mass is 127. The summed E-state index contributed by atoms with van der Waals surface area (Å²) in [5, 5.41) is 27.8. The van der Waals surface area contributed by atoms with Gasteiger partial charge in [-0.15, -0.1) is 0 Å². The number of ether oxygens (including phenoxy) is 2. The zero-order chi connectivity index (χ0) is 18.6. The summed E-state index contributed by atoms with van der Waals surface area (Å²) in [6, 6.07) is 5.64. The van der Waals surface area contributed by atoms with E-state index >= 15 is 0 Å². The Morgan fingerprint density at radius 1 is 1.20 bits per heavy atom. The molecule has 0 radical (unpaired) electrons. The van der Waals surface area contributed by atoms with Crippen molar-refractivity contribution in [2.75, 3.05) is 0 Å². The van der Waals surface area contributed by atoms with Gasteiger partial charge in [0.25, 0.3) is 0 Å². The second-order valence-corrected chi connectivity index (χ2v) is 6.50. The number of rotatable bonds is 2. The van der Waals surface area contributed by atoms with Gasteiger partial charge in [0.1, 0.15) is 40.9 Å². The quantitative estimate of drug-likeness (QED) is 0.459. The molecule has 0 spiro atoms. The molecule has 25 heavy (non-hydrogen) atoms. The minimum Gasteiger partial charge on any atom is -0.480 e. The zero-order valence-corrected chi connectivity index (χ0v) is 16.1. The van der Waals surface area contributed by atoms with Crippen molar-refractivity contribution < 1.29 is 9.47 Å². The van der Waals surface area contributed by atoms with E-state index in [0.717, 1.165) is 11.3 Å². The number of nitrogens with zero attached hydrogens (tertiary/aromatic N) is 3. The summed E-state index contributed by atoms with van der Waals surface area (Å²) in [6.07, 6.45) is 7.35. The highest BCUT2D eigenvalue weighted by molar-refractivity contribution is 14.1. The maximum Gasteiger partial charge on any atom is 0.172 e. The Morgan fingerprint density at radius 2 is 1.88 bits per heavy atom. The summed E-state index contributed by atoms with van der Waals surface area (Å²) in [5.74, 6) is 1.44. The van der Waals surface area contributed by atoms with Crippen LogP contribution in [0.2, 0.25) is 0 Å². The fourth-order valence-electron chi connectivity index (χ4n) is 2.52. The second kappa shape index (κ2) is 7.42. The van der Waals surface area contributed by atoms with E-state index in [0.29, 0.717) is 11.3 Å². The molecule has 2 aliphatic heterocycles. The molecule has 0 aromatic rings. The molecular formula is C19H14IN3O2. The van der Waals surface area contributed by atoms with Gasteiger partial charge in [-0.3, -0.25) is 0 Å². The Kier molecular flexibility index (Phi) is 5.51. The molecule has 0 aromatic carbocycles. The van der Waals surface area contributed by atoms with Crippen LogP contribution < -0.4 is 0 Å². The van der Waals surface area contributed by atoms with E-state index < -0.39 is 5.60 Å². The van der Waals surface area contributed by atoms with E-state index in [9.17, 15) is 5.26 Å². The first-order chi connectivity index (χ1) is 11.9. The average molecular weight is 443 g/mol. The standard InChI is InChI=1S/C19H14IN3O2/c1-12-6-13(7-15(24-12)4-5-20)8-17-16(11-23)18(14(9-21)10-22)25-19(17,2)3/h4-8H,1-3H3/b5-4+,13-8-. The topological polar surface area (TPSA) is 89.8 Å². The lowest BCUT2D eigenvalue weighted by molar-refractivity contribution is 0.0953. The van der Waals surface area contributed by atoms with Crippen molar-refractivity contribution in [2.24, 2.45) is 0 Å². The van der Waals surface area contributed by atoms with E-state index in [1.54, 1.807) is 26.0 Å². The van der Waals surface area contributed by atoms with E-state index in [1.165, 1.54) is 0 Å². The van der Waals surface area contributed by atoms with Crippen LogP contribution in [-0.4, -0.2) is 5.60 Å². The van der Waals surface area contributed by atoms with Gasteiger partial charge in [0.15, 0.2) is 11.3 Å². The number of allylic oxidation sites excluding steroid dienone is 7. The normalized spacial score (nSPS) is 20.2. The van der Waals surface area contributed by atoms with Crippen molar-refractivity contribution in [3.63, 3.8) is 0 Å². The minimum atomic E-state index is -0.834. The number of nitriles is 3. The lowest BCUT2D eigenvalue weighted by Crippen LogP contribution is -2.21. The molecule has 2 aliphatic rings. The number of hydrogen-bond acceptors (Lipinski definition) is 5. The summed E-state index contributed by atoms with van der Waals surface area (Å²) in [4.78, 5) is 0. The molecule has 2 rings (SSSR count). The van der Waals surface area contributed by atoms with Crippen LogP contribution >= 0.6 is 22.6 Å². The van der Waals surface area contributed by atoms with Gasteiger partial charge < -0.3 is 9.47 Å². The number of halogens is 1. The maximum absolute atomic E-state index is 9.56. The molecular weight excluding hydrogens is 429 g/mol. The Balaban J connectivity index is 2.67. The van der Waals surface area contributed by atoms with Gasteiger partial charge >= 0.3 is 0 Å². The van der Waals surface area contributed by atoms with Crippen molar-refractivity contribution in [3.05, 3.63) is 68.0 Å². The van der Waals surface area contributed by atoms with Crippen LogP contribution in [0, 0.1) is 34.0 Å². The summed E-state index contributed by atoms with van der Waals surface area (Å²) < 4.78 is 13.2. The summed E-state index contributed by atoms with van der Waals surface area (Å²) in [7, 11) is 0. The third-order valence-corrected chi connectivity index (χ3v) is 3.92. The van der Waals surface area contributed by atoms with Crippen molar-refractivity contribution in [1.82, 2.24) is 0 Å². The Hall–Kier alpha value is -2.76. The smallest absolute Gasteiger partial charge is 0.172 e. The molecule has 0 amide bonds. The van der Waals surface area contributed by atoms with Gasteiger partial charge in [-0.05, 0) is 54.7 Å². The van der Waals surface area contributed by atoms with Crippen LogP contribution in [0.1, 0.15) is 20.8 Å². The predicted molar refractivity (Wildman–Crippen MR) is 100 cm³/mol. The predicted octanol–water partition coefficient (Wildman–Crippen LogP) is 4.61. The molecule has 0 bridgehead atoms. The minimum absolute atomic E-state index is 0.0356. The molecule has 0 N–H and O–H groups in total. The van der Waals surface area contributed by atoms with Crippen molar-refractivity contribution in [1.29, 1.82) is 15.8 Å².